The molecule has 0 amide bonds. The molecular formula is C27H30O16. The standard InChI is InChI=1S/C27H30O16/c28-6-15-20(36)22(38)26(43-27-23(39)21(37)19(35)16(7-29)42-27)25(41-15)18-12(33)4-11(32)17-13(34)5-14(40-24(17)18)8-1-2-9(30)10(31)3-8/h1-5,15-16,19-23,25-33,35-39H,6-7H2/t15-,16+,19-,20-,21-,22+,23+,25+,26-,27+/m1/s1. The van der Waals surface area contributed by atoms with E-state index in [1.54, 1.807) is 0 Å². The zero-order chi connectivity index (χ0) is 31.3. The van der Waals surface area contributed by atoms with Crippen molar-refractivity contribution in [3.8, 4) is 34.3 Å². The Labute approximate surface area is 241 Å². The van der Waals surface area contributed by atoms with E-state index < -0.39 is 119 Å². The van der Waals surface area contributed by atoms with Crippen LogP contribution in [0.2, 0.25) is 0 Å². The first-order valence-electron chi connectivity index (χ1n) is 13.0. The smallest absolute Gasteiger partial charge is 0.197 e. The van der Waals surface area contributed by atoms with Gasteiger partial charge in [0.05, 0.1) is 18.8 Å². The Bertz CT molecular complexity index is 1540. The summed E-state index contributed by atoms with van der Waals surface area (Å²) in [5.74, 6) is -2.70. The van der Waals surface area contributed by atoms with Crippen LogP contribution in [0, 0.1) is 0 Å². The molecule has 3 heterocycles. The van der Waals surface area contributed by atoms with E-state index in [0.29, 0.717) is 0 Å². The summed E-state index contributed by atoms with van der Waals surface area (Å²) in [6, 6.07) is 5.24. The highest BCUT2D eigenvalue weighted by molar-refractivity contribution is 5.89. The molecular weight excluding hydrogens is 580 g/mol. The van der Waals surface area contributed by atoms with Gasteiger partial charge in [-0.15, -0.1) is 0 Å². The van der Waals surface area contributed by atoms with E-state index >= 15 is 0 Å². The number of phenolic OH excluding ortho intramolecular Hbond substituents is 4. The third kappa shape index (κ3) is 5.38. The van der Waals surface area contributed by atoms with Gasteiger partial charge in [-0.1, -0.05) is 0 Å². The molecule has 2 saturated heterocycles. The lowest BCUT2D eigenvalue weighted by Crippen LogP contribution is -2.62. The molecule has 0 unspecified atom stereocenters. The molecule has 0 saturated carbocycles. The van der Waals surface area contributed by atoms with Crippen molar-refractivity contribution in [2.45, 2.75) is 61.2 Å². The van der Waals surface area contributed by atoms with Gasteiger partial charge in [0.2, 0.25) is 0 Å². The maximum atomic E-state index is 13.2. The molecule has 1 aromatic heterocycles. The summed E-state index contributed by atoms with van der Waals surface area (Å²) in [7, 11) is 0. The van der Waals surface area contributed by atoms with Crippen LogP contribution in [0.5, 0.6) is 23.0 Å². The zero-order valence-corrected chi connectivity index (χ0v) is 22.0. The monoisotopic (exact) mass is 610 g/mol. The van der Waals surface area contributed by atoms with Gasteiger partial charge >= 0.3 is 0 Å². The van der Waals surface area contributed by atoms with Gasteiger partial charge in [0, 0.05) is 17.7 Å². The lowest BCUT2D eigenvalue weighted by Gasteiger charge is -2.46. The molecule has 5 rings (SSSR count). The van der Waals surface area contributed by atoms with Gasteiger partial charge in [-0.3, -0.25) is 4.79 Å². The summed E-state index contributed by atoms with van der Waals surface area (Å²) in [6.07, 6.45) is -17.7. The van der Waals surface area contributed by atoms with Crippen molar-refractivity contribution in [3.63, 3.8) is 0 Å². The van der Waals surface area contributed by atoms with Crippen LogP contribution in [0.4, 0.5) is 0 Å². The Morgan fingerprint density at radius 1 is 0.698 bits per heavy atom. The van der Waals surface area contributed by atoms with Gasteiger partial charge in [-0.2, -0.15) is 0 Å². The highest BCUT2D eigenvalue weighted by Gasteiger charge is 2.52. The number of hydrogen-bond donors (Lipinski definition) is 11. The number of aliphatic hydroxyl groups excluding tert-OH is 7. The predicted molar refractivity (Wildman–Crippen MR) is 140 cm³/mol. The van der Waals surface area contributed by atoms with Crippen LogP contribution in [0.3, 0.4) is 0 Å². The molecule has 0 radical (unpaired) electrons. The third-order valence-electron chi connectivity index (χ3n) is 7.55. The van der Waals surface area contributed by atoms with Gasteiger partial charge < -0.3 is 74.8 Å². The Morgan fingerprint density at radius 3 is 2.00 bits per heavy atom. The minimum atomic E-state index is -1.95. The lowest BCUT2D eigenvalue weighted by molar-refractivity contribution is -0.342. The molecule has 2 aliphatic rings. The number of phenols is 4. The molecule has 234 valence electrons. The van der Waals surface area contributed by atoms with E-state index in [1.165, 1.54) is 6.07 Å². The first-order valence-corrected chi connectivity index (χ1v) is 13.0. The molecule has 0 aliphatic carbocycles. The van der Waals surface area contributed by atoms with Gasteiger partial charge in [0.1, 0.15) is 77.6 Å². The van der Waals surface area contributed by atoms with Gasteiger partial charge in [-0.05, 0) is 18.2 Å². The molecule has 2 aliphatic heterocycles. The second-order valence-corrected chi connectivity index (χ2v) is 10.3. The summed E-state index contributed by atoms with van der Waals surface area (Å²) in [6.45, 7) is -1.66. The lowest BCUT2D eigenvalue weighted by atomic mass is 9.89. The fraction of sp³-hybridized carbons (Fsp3) is 0.444. The number of hydrogen-bond acceptors (Lipinski definition) is 16. The van der Waals surface area contributed by atoms with Crippen molar-refractivity contribution in [1.29, 1.82) is 0 Å². The molecule has 10 atom stereocenters. The highest BCUT2D eigenvalue weighted by atomic mass is 16.7. The maximum absolute atomic E-state index is 13.2. The number of fused-ring (bicyclic) bond motifs is 1. The molecule has 0 spiro atoms. The first kappa shape index (κ1) is 30.9. The SMILES string of the molecule is O=c1cc(-c2ccc(O)c(O)c2)oc2c([C@@H]3O[C@H](CO)[C@@H](O)[C@H](O)[C@H]3O[C@@H]3O[C@@H](CO)[C@@H](O)[C@@H](O)[C@@H]3O)c(O)cc(O)c12. The molecule has 43 heavy (non-hydrogen) atoms. The maximum Gasteiger partial charge on any atom is 0.197 e. The van der Waals surface area contributed by atoms with Crippen LogP contribution >= 0.6 is 0 Å². The highest BCUT2D eigenvalue weighted by Crippen LogP contribution is 2.45. The van der Waals surface area contributed by atoms with Crippen molar-refractivity contribution in [2.75, 3.05) is 13.2 Å². The second-order valence-electron chi connectivity index (χ2n) is 10.3. The number of benzene rings is 2. The summed E-state index contributed by atoms with van der Waals surface area (Å²) < 4.78 is 22.7. The normalized spacial score (nSPS) is 33.1. The minimum absolute atomic E-state index is 0.0884. The average Bonchev–Trinajstić information content (AvgIpc) is 2.97. The van der Waals surface area contributed by atoms with Crippen molar-refractivity contribution in [3.05, 3.63) is 46.1 Å². The third-order valence-corrected chi connectivity index (χ3v) is 7.55. The number of ether oxygens (including phenoxy) is 3. The molecule has 2 fully saturated rings. The Morgan fingerprint density at radius 2 is 1.35 bits per heavy atom. The number of aromatic hydroxyl groups is 4. The molecule has 2 aromatic carbocycles. The molecule has 0 bridgehead atoms. The van der Waals surface area contributed by atoms with Crippen molar-refractivity contribution in [2.24, 2.45) is 0 Å². The molecule has 3 aromatic rings. The fourth-order valence-corrected chi connectivity index (χ4v) is 5.22. The van der Waals surface area contributed by atoms with Gasteiger partial charge in [-0.25, -0.2) is 0 Å². The Kier molecular flexibility index (Phi) is 8.52. The average molecular weight is 611 g/mol. The fourth-order valence-electron chi connectivity index (χ4n) is 5.22. The van der Waals surface area contributed by atoms with Crippen LogP contribution in [0.25, 0.3) is 22.3 Å². The molecule has 11 N–H and O–H groups in total. The summed E-state index contributed by atoms with van der Waals surface area (Å²) in [5, 5.41) is 113. The van der Waals surface area contributed by atoms with E-state index in [-0.39, 0.29) is 11.3 Å². The summed E-state index contributed by atoms with van der Waals surface area (Å²) in [5.41, 5.74) is -1.66. The van der Waals surface area contributed by atoms with Gasteiger partial charge in [0.25, 0.3) is 0 Å². The van der Waals surface area contributed by atoms with E-state index in [4.69, 9.17) is 18.6 Å². The first-order chi connectivity index (χ1) is 20.4. The number of aliphatic hydroxyl groups is 7. The minimum Gasteiger partial charge on any atom is -0.507 e. The molecule has 16 heteroatoms. The van der Waals surface area contributed by atoms with Crippen LogP contribution in [-0.4, -0.2) is 125 Å². The van der Waals surface area contributed by atoms with Crippen LogP contribution < -0.4 is 5.43 Å². The van der Waals surface area contributed by atoms with Crippen LogP contribution in [0.15, 0.2) is 39.5 Å². The predicted octanol–water partition coefficient (Wildman–Crippen LogP) is -2.38. The zero-order valence-electron chi connectivity index (χ0n) is 22.0. The topological polar surface area (TPSA) is 280 Å². The van der Waals surface area contributed by atoms with Crippen molar-refractivity contribution in [1.82, 2.24) is 0 Å². The van der Waals surface area contributed by atoms with E-state index in [0.717, 1.165) is 24.3 Å². The second kappa shape index (κ2) is 11.9. The van der Waals surface area contributed by atoms with E-state index in [9.17, 15) is 61.0 Å². The Balaban J connectivity index is 1.67. The quantitative estimate of drug-likeness (QED) is 0.130. The van der Waals surface area contributed by atoms with Crippen molar-refractivity contribution >= 4 is 11.0 Å². The summed E-state index contributed by atoms with van der Waals surface area (Å²) >= 11 is 0. The van der Waals surface area contributed by atoms with Crippen LogP contribution in [0.1, 0.15) is 11.7 Å². The summed E-state index contributed by atoms with van der Waals surface area (Å²) in [4.78, 5) is 13.2. The molecule has 16 nitrogen and oxygen atoms in total. The van der Waals surface area contributed by atoms with Crippen LogP contribution in [-0.2, 0) is 14.2 Å². The van der Waals surface area contributed by atoms with E-state index in [1.807, 2.05) is 0 Å². The van der Waals surface area contributed by atoms with Gasteiger partial charge in [0.15, 0.2) is 28.8 Å². The number of rotatable bonds is 6. The largest absolute Gasteiger partial charge is 0.507 e. The van der Waals surface area contributed by atoms with Crippen molar-refractivity contribution < 1.29 is 74.8 Å². The Hall–Kier alpha value is -3.55. The van der Waals surface area contributed by atoms with E-state index in [2.05, 4.69) is 0 Å².